The van der Waals surface area contributed by atoms with E-state index in [1.165, 1.54) is 11.5 Å². The molecule has 0 saturated carbocycles. The monoisotopic (exact) mass is 319 g/mol. The summed E-state index contributed by atoms with van der Waals surface area (Å²) in [5, 5.41) is 1.03. The highest BCUT2D eigenvalue weighted by Gasteiger charge is 2.21. The van der Waals surface area contributed by atoms with Gasteiger partial charge in [-0.05, 0) is 13.0 Å². The van der Waals surface area contributed by atoms with E-state index in [9.17, 15) is 0 Å². The highest BCUT2D eigenvalue weighted by molar-refractivity contribution is 7.09. The third-order valence-electron chi connectivity index (χ3n) is 3.65. The van der Waals surface area contributed by atoms with Crippen molar-refractivity contribution in [2.75, 3.05) is 42.6 Å². The maximum Gasteiger partial charge on any atom is 0.215 e. The zero-order valence-electron chi connectivity index (χ0n) is 13.0. The number of rotatable bonds is 5. The van der Waals surface area contributed by atoms with E-state index in [-0.39, 0.29) is 0 Å². The molecule has 0 unspecified atom stereocenters. The Balaban J connectivity index is 1.62. The Hall–Kier alpha value is -1.89. The Bertz CT molecular complexity index is 609. The molecule has 1 fully saturated rings. The molecular formula is C15H21N5OS. The number of pyridine rings is 1. The molecule has 0 amide bonds. The van der Waals surface area contributed by atoms with Gasteiger partial charge in [-0.2, -0.15) is 9.36 Å². The molecule has 1 aliphatic rings. The van der Waals surface area contributed by atoms with Gasteiger partial charge in [0.25, 0.3) is 0 Å². The third kappa shape index (κ3) is 3.30. The van der Waals surface area contributed by atoms with Gasteiger partial charge in [0.15, 0.2) is 0 Å². The fourth-order valence-electron chi connectivity index (χ4n) is 2.45. The van der Waals surface area contributed by atoms with E-state index in [0.717, 1.165) is 49.4 Å². The lowest BCUT2D eigenvalue weighted by atomic mass is 10.3. The summed E-state index contributed by atoms with van der Waals surface area (Å²) in [5.74, 6) is 2.62. The molecule has 0 radical (unpaired) electrons. The van der Waals surface area contributed by atoms with Crippen LogP contribution in [-0.4, -0.2) is 47.1 Å². The van der Waals surface area contributed by atoms with Crippen LogP contribution in [0.15, 0.2) is 18.2 Å². The van der Waals surface area contributed by atoms with E-state index in [1.54, 1.807) is 0 Å². The van der Waals surface area contributed by atoms with Gasteiger partial charge < -0.3 is 14.5 Å². The fourth-order valence-corrected chi connectivity index (χ4v) is 3.25. The molecule has 0 aliphatic carbocycles. The summed E-state index contributed by atoms with van der Waals surface area (Å²) in [6.07, 6.45) is 0.893. The Morgan fingerprint density at radius 2 is 1.86 bits per heavy atom. The van der Waals surface area contributed by atoms with Crippen LogP contribution in [0.1, 0.15) is 19.7 Å². The van der Waals surface area contributed by atoms with Crippen LogP contribution < -0.4 is 14.5 Å². The van der Waals surface area contributed by atoms with E-state index >= 15 is 0 Å². The number of hydrogen-bond donors (Lipinski definition) is 0. The Morgan fingerprint density at radius 3 is 2.55 bits per heavy atom. The number of aryl methyl sites for hydroxylation is 1. The number of hydrogen-bond acceptors (Lipinski definition) is 7. The molecular weight excluding hydrogens is 298 g/mol. The van der Waals surface area contributed by atoms with Crippen molar-refractivity contribution >= 4 is 22.5 Å². The van der Waals surface area contributed by atoms with Gasteiger partial charge in [-0.3, -0.25) is 0 Å². The number of aromatic nitrogens is 3. The maximum atomic E-state index is 5.48. The number of anilines is 2. The summed E-state index contributed by atoms with van der Waals surface area (Å²) >= 11 is 1.50. The molecule has 22 heavy (non-hydrogen) atoms. The molecule has 2 aromatic heterocycles. The van der Waals surface area contributed by atoms with Crippen LogP contribution in [0.5, 0.6) is 5.88 Å². The van der Waals surface area contributed by atoms with Crippen molar-refractivity contribution in [1.29, 1.82) is 0 Å². The molecule has 1 aliphatic heterocycles. The van der Waals surface area contributed by atoms with Gasteiger partial charge in [0.05, 0.1) is 6.61 Å². The van der Waals surface area contributed by atoms with Crippen LogP contribution >= 0.6 is 11.5 Å². The highest BCUT2D eigenvalue weighted by Crippen LogP contribution is 2.22. The molecule has 118 valence electrons. The largest absolute Gasteiger partial charge is 0.478 e. The van der Waals surface area contributed by atoms with Gasteiger partial charge in [0.1, 0.15) is 11.6 Å². The summed E-state index contributed by atoms with van der Waals surface area (Å²) < 4.78 is 9.84. The maximum absolute atomic E-state index is 5.48. The van der Waals surface area contributed by atoms with E-state index in [1.807, 2.05) is 25.1 Å². The highest BCUT2D eigenvalue weighted by atomic mass is 32.1. The van der Waals surface area contributed by atoms with Gasteiger partial charge in [0, 0.05) is 50.2 Å². The molecule has 7 heteroatoms. The Labute approximate surface area is 134 Å². The molecule has 1 saturated heterocycles. The smallest absolute Gasteiger partial charge is 0.215 e. The van der Waals surface area contributed by atoms with Crippen molar-refractivity contribution in [3.63, 3.8) is 0 Å². The molecule has 3 heterocycles. The number of nitrogens with zero attached hydrogens (tertiary/aromatic N) is 5. The average molecular weight is 319 g/mol. The van der Waals surface area contributed by atoms with Gasteiger partial charge >= 0.3 is 0 Å². The van der Waals surface area contributed by atoms with Crippen LogP contribution in [0, 0.1) is 0 Å². The second-order valence-corrected chi connectivity index (χ2v) is 5.82. The predicted molar refractivity (Wildman–Crippen MR) is 89.1 cm³/mol. The van der Waals surface area contributed by atoms with Crippen molar-refractivity contribution in [2.45, 2.75) is 20.3 Å². The van der Waals surface area contributed by atoms with Crippen LogP contribution in [0.3, 0.4) is 0 Å². The van der Waals surface area contributed by atoms with Gasteiger partial charge in [-0.1, -0.05) is 13.0 Å². The number of piperazine rings is 1. The lowest BCUT2D eigenvalue weighted by Gasteiger charge is -2.35. The van der Waals surface area contributed by atoms with Crippen LogP contribution in [0.4, 0.5) is 10.9 Å². The van der Waals surface area contributed by atoms with Crippen molar-refractivity contribution < 1.29 is 4.74 Å². The second kappa shape index (κ2) is 6.91. The van der Waals surface area contributed by atoms with Crippen molar-refractivity contribution in [3.8, 4) is 5.88 Å². The first-order valence-electron chi connectivity index (χ1n) is 7.72. The van der Waals surface area contributed by atoms with Crippen molar-refractivity contribution in [3.05, 3.63) is 24.0 Å². The molecule has 0 spiro atoms. The van der Waals surface area contributed by atoms with E-state index in [4.69, 9.17) is 4.74 Å². The van der Waals surface area contributed by atoms with E-state index in [0.29, 0.717) is 12.5 Å². The van der Waals surface area contributed by atoms with E-state index in [2.05, 4.69) is 31.1 Å². The third-order valence-corrected chi connectivity index (χ3v) is 4.46. The summed E-state index contributed by atoms with van der Waals surface area (Å²) in [5.41, 5.74) is 0. The first-order valence-corrected chi connectivity index (χ1v) is 8.49. The van der Waals surface area contributed by atoms with Gasteiger partial charge in [-0.15, -0.1) is 0 Å². The van der Waals surface area contributed by atoms with Crippen molar-refractivity contribution in [1.82, 2.24) is 14.3 Å². The molecule has 0 bridgehead atoms. The normalized spacial score (nSPS) is 15.2. The zero-order valence-corrected chi connectivity index (χ0v) is 13.8. The molecule has 2 aromatic rings. The minimum absolute atomic E-state index is 0.640. The zero-order chi connectivity index (χ0) is 15.4. The topological polar surface area (TPSA) is 54.4 Å². The minimum atomic E-state index is 0.640. The van der Waals surface area contributed by atoms with Crippen LogP contribution in [-0.2, 0) is 6.42 Å². The first-order chi connectivity index (χ1) is 10.8. The molecule has 3 rings (SSSR count). The number of ether oxygens (including phenoxy) is 1. The molecule has 0 aromatic carbocycles. The Morgan fingerprint density at radius 1 is 1.09 bits per heavy atom. The summed E-state index contributed by atoms with van der Waals surface area (Å²) in [4.78, 5) is 13.7. The SMILES string of the molecule is CCOc1cccc(N2CCN(c3nc(CC)ns3)CC2)n1. The predicted octanol–water partition coefficient (Wildman–Crippen LogP) is 2.22. The summed E-state index contributed by atoms with van der Waals surface area (Å²) in [6, 6.07) is 5.94. The lowest BCUT2D eigenvalue weighted by molar-refractivity contribution is 0.327. The quantitative estimate of drug-likeness (QED) is 0.842. The summed E-state index contributed by atoms with van der Waals surface area (Å²) in [6.45, 7) is 8.45. The fraction of sp³-hybridized carbons (Fsp3) is 0.533. The first kappa shape index (κ1) is 15.0. The van der Waals surface area contributed by atoms with Crippen LogP contribution in [0.2, 0.25) is 0 Å². The minimum Gasteiger partial charge on any atom is -0.478 e. The van der Waals surface area contributed by atoms with Gasteiger partial charge in [-0.25, -0.2) is 4.98 Å². The lowest BCUT2D eigenvalue weighted by Crippen LogP contribution is -2.46. The standard InChI is InChI=1S/C15H21N5OS/c1-3-12-16-15(22-18-12)20-10-8-19(9-11-20)13-6-5-7-14(17-13)21-4-2/h5-7H,3-4,8-11H2,1-2H3. The molecule has 0 atom stereocenters. The van der Waals surface area contributed by atoms with Crippen molar-refractivity contribution in [2.24, 2.45) is 0 Å². The van der Waals surface area contributed by atoms with E-state index < -0.39 is 0 Å². The average Bonchev–Trinajstić information content (AvgIpc) is 3.05. The molecule has 6 nitrogen and oxygen atoms in total. The van der Waals surface area contributed by atoms with Gasteiger partial charge in [0.2, 0.25) is 11.0 Å². The molecule has 0 N–H and O–H groups in total. The second-order valence-electron chi connectivity index (χ2n) is 5.09. The summed E-state index contributed by atoms with van der Waals surface area (Å²) in [7, 11) is 0. The van der Waals surface area contributed by atoms with Crippen LogP contribution in [0.25, 0.3) is 0 Å². The Kier molecular flexibility index (Phi) is 4.72.